The van der Waals surface area contributed by atoms with E-state index in [9.17, 15) is 9.59 Å². The molecule has 176 valence electrons. The molecule has 1 aromatic carbocycles. The van der Waals surface area contributed by atoms with Crippen molar-refractivity contribution in [1.82, 2.24) is 0 Å². The lowest BCUT2D eigenvalue weighted by Crippen LogP contribution is -2.47. The Labute approximate surface area is 190 Å². The fourth-order valence-corrected chi connectivity index (χ4v) is 6.44. The number of benzene rings is 1. The van der Waals surface area contributed by atoms with Gasteiger partial charge in [0.05, 0.1) is 24.7 Å². The third kappa shape index (κ3) is 5.34. The minimum atomic E-state index is -0.403. The highest BCUT2D eigenvalue weighted by molar-refractivity contribution is 5.77. The van der Waals surface area contributed by atoms with Crippen molar-refractivity contribution in [3.63, 3.8) is 0 Å². The zero-order chi connectivity index (χ0) is 22.7. The molecule has 0 N–H and O–H groups in total. The van der Waals surface area contributed by atoms with E-state index in [4.69, 9.17) is 19.2 Å². The lowest BCUT2D eigenvalue weighted by molar-refractivity contribution is -0.365. The standard InChI is InChI=1S/C26H36O6/c1-17-12-19-13-24(16-26(14-17,15-19)25(28)29-3)32-31-23-10-6-21(7-11-23)20-4-8-22(9-5-20)30-18(2)27/h4-5,8-9,17,19,21,23-24H,6-7,10-16H2,1-3H3. The molecule has 3 aliphatic rings. The highest BCUT2D eigenvalue weighted by Crippen LogP contribution is 2.52. The summed E-state index contributed by atoms with van der Waals surface area (Å²) in [6, 6.07) is 7.82. The van der Waals surface area contributed by atoms with Gasteiger partial charge >= 0.3 is 11.9 Å². The SMILES string of the molecule is COC(=O)C12CC(C)CC(CC(OOC3CCC(c4ccc(OC(C)=O)cc4)CC3)C1)C2. The normalized spacial score (nSPS) is 34.5. The van der Waals surface area contributed by atoms with Crippen LogP contribution in [-0.4, -0.2) is 31.3 Å². The third-order valence-corrected chi connectivity index (χ3v) is 7.60. The Hall–Kier alpha value is -1.92. The van der Waals surface area contributed by atoms with E-state index < -0.39 is 5.41 Å². The molecular formula is C26H36O6. The van der Waals surface area contributed by atoms with Gasteiger partial charge in [0, 0.05) is 6.92 Å². The zero-order valence-electron chi connectivity index (χ0n) is 19.5. The molecule has 1 aromatic rings. The van der Waals surface area contributed by atoms with Gasteiger partial charge in [-0.1, -0.05) is 19.1 Å². The monoisotopic (exact) mass is 444 g/mol. The molecule has 4 rings (SSSR count). The van der Waals surface area contributed by atoms with Crippen LogP contribution in [0.15, 0.2) is 24.3 Å². The van der Waals surface area contributed by atoms with E-state index in [0.29, 0.717) is 29.9 Å². The van der Waals surface area contributed by atoms with Gasteiger partial charge in [-0.15, -0.1) is 0 Å². The predicted molar refractivity (Wildman–Crippen MR) is 119 cm³/mol. The summed E-state index contributed by atoms with van der Waals surface area (Å²) in [5, 5.41) is 0. The van der Waals surface area contributed by atoms with E-state index in [1.54, 1.807) is 0 Å². The van der Waals surface area contributed by atoms with Gasteiger partial charge in [0.1, 0.15) is 5.75 Å². The first kappa shape index (κ1) is 23.2. The van der Waals surface area contributed by atoms with Gasteiger partial charge in [-0.25, -0.2) is 9.78 Å². The summed E-state index contributed by atoms with van der Waals surface area (Å²) < 4.78 is 10.3. The number of rotatable bonds is 6. The maximum atomic E-state index is 12.6. The Bertz CT molecular complexity index is 793. The molecule has 3 saturated carbocycles. The first-order valence-corrected chi connectivity index (χ1v) is 12.1. The van der Waals surface area contributed by atoms with Gasteiger partial charge < -0.3 is 9.47 Å². The van der Waals surface area contributed by atoms with E-state index >= 15 is 0 Å². The molecule has 0 heterocycles. The van der Waals surface area contributed by atoms with Crippen molar-refractivity contribution in [2.24, 2.45) is 17.3 Å². The van der Waals surface area contributed by atoms with Crippen molar-refractivity contribution >= 4 is 11.9 Å². The number of carbonyl (C=O) groups is 2. The molecule has 0 saturated heterocycles. The summed E-state index contributed by atoms with van der Waals surface area (Å²) >= 11 is 0. The Morgan fingerprint density at radius 3 is 2.25 bits per heavy atom. The average molecular weight is 445 g/mol. The van der Waals surface area contributed by atoms with Crippen molar-refractivity contribution in [3.05, 3.63) is 29.8 Å². The summed E-state index contributed by atoms with van der Waals surface area (Å²) in [4.78, 5) is 35.5. The molecular weight excluding hydrogens is 408 g/mol. The van der Waals surface area contributed by atoms with Crippen LogP contribution in [0.25, 0.3) is 0 Å². The Morgan fingerprint density at radius 2 is 1.59 bits per heavy atom. The number of hydrogen-bond donors (Lipinski definition) is 0. The minimum absolute atomic E-state index is 0.0353. The van der Waals surface area contributed by atoms with Crippen LogP contribution < -0.4 is 4.74 Å². The molecule has 0 aromatic heterocycles. The van der Waals surface area contributed by atoms with Crippen LogP contribution >= 0.6 is 0 Å². The Kier molecular flexibility index (Phi) is 7.21. The van der Waals surface area contributed by atoms with Gasteiger partial charge in [-0.2, -0.15) is 0 Å². The van der Waals surface area contributed by atoms with Crippen molar-refractivity contribution in [2.75, 3.05) is 7.11 Å². The van der Waals surface area contributed by atoms with Crippen molar-refractivity contribution in [3.8, 4) is 5.75 Å². The molecule has 3 aliphatic carbocycles. The average Bonchev–Trinajstić information content (AvgIpc) is 2.77. The lowest BCUT2D eigenvalue weighted by Gasteiger charge is -2.47. The van der Waals surface area contributed by atoms with Crippen LogP contribution in [0.3, 0.4) is 0 Å². The third-order valence-electron chi connectivity index (χ3n) is 7.60. The Morgan fingerprint density at radius 1 is 0.906 bits per heavy atom. The first-order valence-electron chi connectivity index (χ1n) is 12.1. The Balaban J connectivity index is 1.26. The molecule has 3 fully saturated rings. The second-order valence-electron chi connectivity index (χ2n) is 10.3. The number of esters is 2. The van der Waals surface area contributed by atoms with Crippen LogP contribution in [0.1, 0.15) is 83.1 Å². The molecule has 6 nitrogen and oxygen atoms in total. The van der Waals surface area contributed by atoms with Gasteiger partial charge in [-0.3, -0.25) is 9.59 Å². The number of ether oxygens (including phenoxy) is 2. The summed E-state index contributed by atoms with van der Waals surface area (Å²) in [6.07, 6.45) is 8.67. The zero-order valence-corrected chi connectivity index (χ0v) is 19.5. The largest absolute Gasteiger partial charge is 0.469 e. The quantitative estimate of drug-likeness (QED) is 0.255. The van der Waals surface area contributed by atoms with Gasteiger partial charge in [0.25, 0.3) is 0 Å². The lowest BCUT2D eigenvalue weighted by atomic mass is 9.58. The molecule has 0 radical (unpaired) electrons. The smallest absolute Gasteiger partial charge is 0.311 e. The van der Waals surface area contributed by atoms with Gasteiger partial charge in [-0.05, 0) is 93.2 Å². The summed E-state index contributed by atoms with van der Waals surface area (Å²) in [5.41, 5.74) is 0.869. The van der Waals surface area contributed by atoms with E-state index in [2.05, 4.69) is 19.1 Å². The van der Waals surface area contributed by atoms with E-state index in [1.807, 2.05) is 12.1 Å². The van der Waals surface area contributed by atoms with Gasteiger partial charge in [0.2, 0.25) is 0 Å². The van der Waals surface area contributed by atoms with Crippen molar-refractivity contribution in [2.45, 2.75) is 89.8 Å². The van der Waals surface area contributed by atoms with E-state index in [-0.39, 0.29) is 24.1 Å². The van der Waals surface area contributed by atoms with Crippen molar-refractivity contribution < 1.29 is 28.8 Å². The highest BCUT2D eigenvalue weighted by atomic mass is 17.2. The predicted octanol–water partition coefficient (Wildman–Crippen LogP) is 5.34. The van der Waals surface area contributed by atoms with Crippen LogP contribution in [0.2, 0.25) is 0 Å². The first-order chi connectivity index (χ1) is 15.4. The second kappa shape index (κ2) is 9.92. The molecule has 6 heteroatoms. The van der Waals surface area contributed by atoms with E-state index in [0.717, 1.165) is 51.4 Å². The molecule has 0 amide bonds. The number of carbonyl (C=O) groups excluding carboxylic acids is 2. The van der Waals surface area contributed by atoms with Gasteiger partial charge in [0.15, 0.2) is 0 Å². The summed E-state index contributed by atoms with van der Waals surface area (Å²) in [6.45, 7) is 3.65. The number of methoxy groups -OCH3 is 1. The topological polar surface area (TPSA) is 71.1 Å². The van der Waals surface area contributed by atoms with Crippen LogP contribution in [0.5, 0.6) is 5.75 Å². The fraction of sp³-hybridized carbons (Fsp3) is 0.692. The van der Waals surface area contributed by atoms with Crippen LogP contribution in [0.4, 0.5) is 0 Å². The maximum absolute atomic E-state index is 12.6. The van der Waals surface area contributed by atoms with Crippen molar-refractivity contribution in [1.29, 1.82) is 0 Å². The molecule has 4 atom stereocenters. The summed E-state index contributed by atoms with van der Waals surface area (Å²) in [7, 11) is 1.49. The van der Waals surface area contributed by atoms with Crippen LogP contribution in [-0.2, 0) is 24.1 Å². The van der Waals surface area contributed by atoms with Crippen LogP contribution in [0, 0.1) is 17.3 Å². The molecule has 0 spiro atoms. The molecule has 0 aliphatic heterocycles. The molecule has 4 unspecified atom stereocenters. The second-order valence-corrected chi connectivity index (χ2v) is 10.3. The fourth-order valence-electron chi connectivity index (χ4n) is 6.44. The summed E-state index contributed by atoms with van der Waals surface area (Å²) in [5.74, 6) is 1.74. The highest BCUT2D eigenvalue weighted by Gasteiger charge is 2.51. The minimum Gasteiger partial charge on any atom is -0.469 e. The number of hydrogen-bond acceptors (Lipinski definition) is 6. The molecule has 2 bridgehead atoms. The van der Waals surface area contributed by atoms with E-state index in [1.165, 1.54) is 19.6 Å². The number of fused-ring (bicyclic) bond motifs is 2. The maximum Gasteiger partial charge on any atom is 0.311 e. The molecule has 32 heavy (non-hydrogen) atoms.